The Hall–Kier alpha value is -2.64. The van der Waals surface area contributed by atoms with Gasteiger partial charge in [-0.2, -0.15) is 5.10 Å². The molecule has 8 heteroatoms. The van der Waals surface area contributed by atoms with Crippen LogP contribution in [0.2, 0.25) is 0 Å². The van der Waals surface area contributed by atoms with Crippen LogP contribution in [0.3, 0.4) is 0 Å². The summed E-state index contributed by atoms with van der Waals surface area (Å²) in [6.45, 7) is -0.823. The van der Waals surface area contributed by atoms with Crippen molar-refractivity contribution < 1.29 is 22.3 Å². The van der Waals surface area contributed by atoms with Crippen molar-refractivity contribution in [3.8, 4) is 16.9 Å². The molecule has 3 aromatic rings. The zero-order valence-corrected chi connectivity index (χ0v) is 11.7. The van der Waals surface area contributed by atoms with Gasteiger partial charge in [0.15, 0.2) is 5.65 Å². The molecule has 4 nitrogen and oxygen atoms in total. The number of hydrogen-bond acceptors (Lipinski definition) is 3. The van der Waals surface area contributed by atoms with Crippen molar-refractivity contribution in [3.05, 3.63) is 48.4 Å². The molecule has 0 spiro atoms. The fraction of sp³-hybridized carbons (Fsp3) is 0.200. The van der Waals surface area contributed by atoms with Crippen LogP contribution in [0.4, 0.5) is 17.6 Å². The van der Waals surface area contributed by atoms with Gasteiger partial charge in [-0.1, -0.05) is 0 Å². The fourth-order valence-electron chi connectivity index (χ4n) is 2.23. The van der Waals surface area contributed by atoms with Crippen molar-refractivity contribution in [2.75, 3.05) is 6.61 Å². The molecule has 0 aliphatic heterocycles. The standard InChI is InChI=1S/C15H11F4N3O/c16-13(17)7-23-12-4-3-9(14(18)19)6-11(12)10-2-1-5-22-15(10)20-8-21-22/h1-6,8,13-14H,7H2. The number of rotatable bonds is 5. The summed E-state index contributed by atoms with van der Waals surface area (Å²) >= 11 is 0. The van der Waals surface area contributed by atoms with Gasteiger partial charge in [0.1, 0.15) is 18.7 Å². The number of pyridine rings is 1. The molecule has 120 valence electrons. The second-order valence-corrected chi connectivity index (χ2v) is 4.71. The zero-order chi connectivity index (χ0) is 16.4. The number of halogens is 4. The summed E-state index contributed by atoms with van der Waals surface area (Å²) in [5, 5.41) is 3.96. The summed E-state index contributed by atoms with van der Waals surface area (Å²) < 4.78 is 57.2. The lowest BCUT2D eigenvalue weighted by molar-refractivity contribution is 0.0821. The van der Waals surface area contributed by atoms with Crippen LogP contribution in [0, 0.1) is 0 Å². The number of aromatic nitrogens is 3. The summed E-state index contributed by atoms with van der Waals surface area (Å²) in [5.74, 6) is 0.0887. The van der Waals surface area contributed by atoms with Crippen LogP contribution >= 0.6 is 0 Å². The van der Waals surface area contributed by atoms with E-state index in [4.69, 9.17) is 4.74 Å². The maximum Gasteiger partial charge on any atom is 0.272 e. The number of fused-ring (bicyclic) bond motifs is 1. The van der Waals surface area contributed by atoms with E-state index >= 15 is 0 Å². The molecule has 0 unspecified atom stereocenters. The number of ether oxygens (including phenoxy) is 1. The first-order chi connectivity index (χ1) is 11.1. The average molecular weight is 325 g/mol. The van der Waals surface area contributed by atoms with Gasteiger partial charge in [0.05, 0.1) is 0 Å². The minimum atomic E-state index is -2.68. The Labute approximate surface area is 128 Å². The minimum Gasteiger partial charge on any atom is -0.487 e. The van der Waals surface area contributed by atoms with Gasteiger partial charge in [0.2, 0.25) is 0 Å². The Morgan fingerprint density at radius 1 is 1.09 bits per heavy atom. The summed E-state index contributed by atoms with van der Waals surface area (Å²) in [6, 6.07) is 6.93. The summed E-state index contributed by atoms with van der Waals surface area (Å²) in [4.78, 5) is 4.07. The Balaban J connectivity index is 2.14. The lowest BCUT2D eigenvalue weighted by Crippen LogP contribution is -2.08. The van der Waals surface area contributed by atoms with Crippen LogP contribution in [-0.2, 0) is 0 Å². The van der Waals surface area contributed by atoms with Crippen LogP contribution < -0.4 is 4.74 Å². The topological polar surface area (TPSA) is 39.4 Å². The highest BCUT2D eigenvalue weighted by molar-refractivity contribution is 5.81. The van der Waals surface area contributed by atoms with Crippen molar-refractivity contribution in [1.29, 1.82) is 0 Å². The van der Waals surface area contributed by atoms with E-state index in [1.807, 2.05) is 0 Å². The predicted octanol–water partition coefficient (Wildman–Crippen LogP) is 3.98. The van der Waals surface area contributed by atoms with Gasteiger partial charge in [-0.15, -0.1) is 0 Å². The van der Waals surface area contributed by atoms with Gasteiger partial charge in [-0.25, -0.2) is 27.1 Å². The normalized spacial score (nSPS) is 11.6. The molecular weight excluding hydrogens is 314 g/mol. The SMILES string of the molecule is FC(F)COc1ccc(C(F)F)cc1-c1cccn2ncnc12. The van der Waals surface area contributed by atoms with Crippen LogP contribution in [-0.4, -0.2) is 27.6 Å². The first kappa shape index (κ1) is 15.3. The van der Waals surface area contributed by atoms with E-state index in [0.29, 0.717) is 11.2 Å². The smallest absolute Gasteiger partial charge is 0.272 e. The largest absolute Gasteiger partial charge is 0.487 e. The Kier molecular flexibility index (Phi) is 4.14. The first-order valence-electron chi connectivity index (χ1n) is 6.68. The molecule has 1 aromatic carbocycles. The molecular formula is C15H11F4N3O. The number of nitrogens with zero attached hydrogens (tertiary/aromatic N) is 3. The maximum absolute atomic E-state index is 13.0. The molecule has 0 N–H and O–H groups in total. The highest BCUT2D eigenvalue weighted by Gasteiger charge is 2.17. The first-order valence-corrected chi connectivity index (χ1v) is 6.68. The molecule has 0 atom stereocenters. The third-order valence-electron chi connectivity index (χ3n) is 3.21. The van der Waals surface area contributed by atoms with Crippen LogP contribution in [0.5, 0.6) is 5.75 Å². The molecule has 0 saturated carbocycles. The zero-order valence-electron chi connectivity index (χ0n) is 11.7. The van der Waals surface area contributed by atoms with Crippen molar-refractivity contribution in [2.45, 2.75) is 12.9 Å². The Morgan fingerprint density at radius 2 is 1.91 bits per heavy atom. The summed E-state index contributed by atoms with van der Waals surface area (Å²) in [7, 11) is 0. The van der Waals surface area contributed by atoms with E-state index in [1.165, 1.54) is 23.0 Å². The van der Waals surface area contributed by atoms with Crippen LogP contribution in [0.25, 0.3) is 16.8 Å². The van der Waals surface area contributed by atoms with Gasteiger partial charge in [0, 0.05) is 22.9 Å². The van der Waals surface area contributed by atoms with E-state index in [2.05, 4.69) is 10.1 Å². The predicted molar refractivity (Wildman–Crippen MR) is 74.9 cm³/mol. The molecule has 0 saturated heterocycles. The maximum atomic E-state index is 13.0. The number of hydrogen-bond donors (Lipinski definition) is 0. The third kappa shape index (κ3) is 3.10. The lowest BCUT2D eigenvalue weighted by Gasteiger charge is -2.13. The molecule has 0 amide bonds. The molecule has 2 heterocycles. The Bertz CT molecular complexity index is 819. The minimum absolute atomic E-state index is 0.0887. The molecule has 0 fully saturated rings. The molecule has 0 radical (unpaired) electrons. The van der Waals surface area contributed by atoms with E-state index in [9.17, 15) is 17.6 Å². The van der Waals surface area contributed by atoms with E-state index in [0.717, 1.165) is 6.07 Å². The van der Waals surface area contributed by atoms with Crippen molar-refractivity contribution in [3.63, 3.8) is 0 Å². The molecule has 0 aliphatic carbocycles. The van der Waals surface area contributed by atoms with Crippen LogP contribution in [0.15, 0.2) is 42.9 Å². The Morgan fingerprint density at radius 3 is 2.65 bits per heavy atom. The molecule has 23 heavy (non-hydrogen) atoms. The molecule has 0 bridgehead atoms. The van der Waals surface area contributed by atoms with E-state index < -0.39 is 19.5 Å². The summed E-state index contributed by atoms with van der Waals surface area (Å²) in [5.41, 5.74) is 0.922. The van der Waals surface area contributed by atoms with Crippen molar-refractivity contribution in [1.82, 2.24) is 14.6 Å². The van der Waals surface area contributed by atoms with Crippen molar-refractivity contribution in [2.24, 2.45) is 0 Å². The van der Waals surface area contributed by atoms with Gasteiger partial charge in [0.25, 0.3) is 12.9 Å². The quantitative estimate of drug-likeness (QED) is 0.666. The second kappa shape index (κ2) is 6.23. The highest BCUT2D eigenvalue weighted by atomic mass is 19.3. The van der Waals surface area contributed by atoms with Crippen LogP contribution in [0.1, 0.15) is 12.0 Å². The highest BCUT2D eigenvalue weighted by Crippen LogP contribution is 2.35. The molecule has 2 aromatic heterocycles. The number of benzene rings is 1. The van der Waals surface area contributed by atoms with E-state index in [-0.39, 0.29) is 16.9 Å². The third-order valence-corrected chi connectivity index (χ3v) is 3.21. The van der Waals surface area contributed by atoms with Crippen molar-refractivity contribution >= 4 is 5.65 Å². The fourth-order valence-corrected chi connectivity index (χ4v) is 2.23. The van der Waals surface area contributed by atoms with Gasteiger partial charge in [-0.05, 0) is 30.3 Å². The van der Waals surface area contributed by atoms with Gasteiger partial charge < -0.3 is 4.74 Å². The molecule has 0 aliphatic rings. The second-order valence-electron chi connectivity index (χ2n) is 4.71. The average Bonchev–Trinajstić information content (AvgIpc) is 3.01. The van der Waals surface area contributed by atoms with E-state index in [1.54, 1.807) is 18.3 Å². The lowest BCUT2D eigenvalue weighted by atomic mass is 10.0. The van der Waals surface area contributed by atoms with Gasteiger partial charge >= 0.3 is 0 Å². The number of alkyl halides is 4. The monoisotopic (exact) mass is 325 g/mol. The van der Waals surface area contributed by atoms with Gasteiger partial charge in [-0.3, -0.25) is 0 Å². The molecule has 3 rings (SSSR count). The summed E-state index contributed by atoms with van der Waals surface area (Å²) in [6.07, 6.45) is -2.39.